The normalized spacial score (nSPS) is 15.4. The first-order chi connectivity index (χ1) is 13.4. The summed E-state index contributed by atoms with van der Waals surface area (Å²) >= 11 is 5.09. The van der Waals surface area contributed by atoms with Gasteiger partial charge in [-0.3, -0.25) is 10.1 Å². The van der Waals surface area contributed by atoms with E-state index in [0.717, 1.165) is 0 Å². The van der Waals surface area contributed by atoms with Crippen LogP contribution in [-0.4, -0.2) is 50.0 Å². The van der Waals surface area contributed by atoms with Crippen molar-refractivity contribution in [1.29, 1.82) is 0 Å². The highest BCUT2D eigenvalue weighted by Gasteiger charge is 2.26. The number of thiocarbonyl (C=S) groups is 1. The molecule has 1 aromatic heterocycles. The van der Waals surface area contributed by atoms with Gasteiger partial charge in [0, 0.05) is 24.9 Å². The van der Waals surface area contributed by atoms with Crippen LogP contribution in [0.2, 0.25) is 0 Å². The Bertz CT molecular complexity index is 948. The zero-order chi connectivity index (χ0) is 20.0. The minimum atomic E-state index is -3.55. The average molecular weight is 422 g/mol. The highest BCUT2D eigenvalue weighted by molar-refractivity contribution is 7.89. The van der Waals surface area contributed by atoms with Crippen LogP contribution in [0.1, 0.15) is 5.76 Å². The number of nitrogens with one attached hydrogen (secondary N) is 2. The van der Waals surface area contributed by atoms with Crippen molar-refractivity contribution < 1.29 is 22.4 Å². The van der Waals surface area contributed by atoms with Crippen LogP contribution in [0.4, 0.5) is 5.69 Å². The highest BCUT2D eigenvalue weighted by atomic mass is 32.2. The van der Waals surface area contributed by atoms with Crippen molar-refractivity contribution in [3.63, 3.8) is 0 Å². The number of hydrogen-bond donors (Lipinski definition) is 2. The van der Waals surface area contributed by atoms with Gasteiger partial charge in [-0.25, -0.2) is 8.42 Å². The second kappa shape index (κ2) is 9.11. The van der Waals surface area contributed by atoms with Crippen LogP contribution in [0.15, 0.2) is 58.1 Å². The molecule has 0 spiro atoms. The van der Waals surface area contributed by atoms with E-state index >= 15 is 0 Å². The molecule has 0 unspecified atom stereocenters. The van der Waals surface area contributed by atoms with Crippen LogP contribution in [-0.2, 0) is 19.6 Å². The van der Waals surface area contributed by atoms with Crippen LogP contribution in [0.5, 0.6) is 0 Å². The number of sulfonamides is 1. The van der Waals surface area contributed by atoms with Crippen molar-refractivity contribution in [2.24, 2.45) is 0 Å². The molecule has 2 N–H and O–H groups in total. The van der Waals surface area contributed by atoms with Gasteiger partial charge in [0.25, 0.3) is 0 Å². The van der Waals surface area contributed by atoms with Crippen LogP contribution < -0.4 is 10.6 Å². The topological polar surface area (TPSA) is 101 Å². The van der Waals surface area contributed by atoms with E-state index in [1.807, 2.05) is 0 Å². The molecule has 0 bridgehead atoms. The van der Waals surface area contributed by atoms with E-state index in [-0.39, 0.29) is 10.0 Å². The molecule has 1 amide bonds. The molecule has 1 aliphatic rings. The number of ether oxygens (including phenoxy) is 1. The third kappa shape index (κ3) is 5.26. The van der Waals surface area contributed by atoms with E-state index in [4.69, 9.17) is 21.4 Å². The Labute approximate surface area is 168 Å². The summed E-state index contributed by atoms with van der Waals surface area (Å²) in [6.45, 7) is 1.45. The molecule has 0 aliphatic carbocycles. The van der Waals surface area contributed by atoms with Crippen molar-refractivity contribution >= 4 is 45.0 Å². The Morgan fingerprint density at radius 1 is 1.14 bits per heavy atom. The molecule has 0 atom stereocenters. The van der Waals surface area contributed by atoms with E-state index < -0.39 is 15.9 Å². The number of carbonyl (C=O) groups is 1. The first-order valence-corrected chi connectivity index (χ1v) is 10.3. The number of morpholine rings is 1. The number of furan rings is 1. The Balaban J connectivity index is 1.56. The van der Waals surface area contributed by atoms with Gasteiger partial charge in [-0.2, -0.15) is 4.31 Å². The summed E-state index contributed by atoms with van der Waals surface area (Å²) in [7, 11) is -3.55. The molecule has 28 heavy (non-hydrogen) atoms. The summed E-state index contributed by atoms with van der Waals surface area (Å²) in [5.74, 6) is 0.131. The number of carbonyl (C=O) groups excluding carboxylic acids is 1. The standard InChI is InChI=1S/C18H19N3O5S2/c22-17(8-5-15-2-1-11-26-15)20-18(27)19-14-3-6-16(7-4-14)28(23,24)21-9-12-25-13-10-21/h1-8,11H,9-10,12-13H2,(H2,19,20,22,27)/b8-5+. The average Bonchev–Trinajstić information content (AvgIpc) is 3.21. The molecule has 0 saturated carbocycles. The molecule has 1 saturated heterocycles. The Morgan fingerprint density at radius 3 is 2.50 bits per heavy atom. The predicted octanol–water partition coefficient (Wildman–Crippen LogP) is 1.83. The van der Waals surface area contributed by atoms with Crippen molar-refractivity contribution in [2.45, 2.75) is 4.90 Å². The van der Waals surface area contributed by atoms with E-state index in [0.29, 0.717) is 37.8 Å². The Kier molecular flexibility index (Phi) is 6.57. The second-order valence-corrected chi connectivity index (χ2v) is 8.18. The smallest absolute Gasteiger partial charge is 0.250 e. The number of nitrogens with zero attached hydrogens (tertiary/aromatic N) is 1. The molecule has 1 aliphatic heterocycles. The lowest BCUT2D eigenvalue weighted by Crippen LogP contribution is -2.40. The number of rotatable bonds is 5. The SMILES string of the molecule is O=C(/C=C/c1ccco1)NC(=S)Nc1ccc(S(=O)(=O)N2CCOCC2)cc1. The van der Waals surface area contributed by atoms with Crippen LogP contribution >= 0.6 is 12.2 Å². The third-order valence-corrected chi connectivity index (χ3v) is 6.02. The third-order valence-electron chi connectivity index (χ3n) is 3.90. The van der Waals surface area contributed by atoms with Gasteiger partial charge in [-0.05, 0) is 54.7 Å². The summed E-state index contributed by atoms with van der Waals surface area (Å²) in [6, 6.07) is 9.59. The number of hydrogen-bond acceptors (Lipinski definition) is 6. The van der Waals surface area contributed by atoms with Gasteiger partial charge in [-0.15, -0.1) is 0 Å². The first kappa shape index (κ1) is 20.2. The fraction of sp³-hybridized carbons (Fsp3) is 0.222. The Morgan fingerprint density at radius 2 is 1.86 bits per heavy atom. The summed E-state index contributed by atoms with van der Waals surface area (Å²) in [4.78, 5) is 12.0. The lowest BCUT2D eigenvalue weighted by molar-refractivity contribution is -0.115. The van der Waals surface area contributed by atoms with Gasteiger partial charge in [0.2, 0.25) is 15.9 Å². The van der Waals surface area contributed by atoms with Gasteiger partial charge in [0.1, 0.15) is 5.76 Å². The fourth-order valence-corrected chi connectivity index (χ4v) is 4.13. The first-order valence-electron chi connectivity index (χ1n) is 8.47. The largest absolute Gasteiger partial charge is 0.465 e. The second-order valence-electron chi connectivity index (χ2n) is 5.83. The van der Waals surface area contributed by atoms with E-state index in [9.17, 15) is 13.2 Å². The lowest BCUT2D eigenvalue weighted by Gasteiger charge is -2.26. The molecule has 8 nitrogen and oxygen atoms in total. The van der Waals surface area contributed by atoms with Crippen LogP contribution in [0, 0.1) is 0 Å². The minimum absolute atomic E-state index is 0.0953. The van der Waals surface area contributed by atoms with E-state index in [2.05, 4.69) is 10.6 Å². The van der Waals surface area contributed by atoms with E-state index in [1.54, 1.807) is 24.3 Å². The quantitative estimate of drug-likeness (QED) is 0.561. The summed E-state index contributed by atoms with van der Waals surface area (Å²) in [5, 5.41) is 5.43. The number of amides is 1. The lowest BCUT2D eigenvalue weighted by atomic mass is 10.3. The van der Waals surface area contributed by atoms with Gasteiger partial charge < -0.3 is 14.5 Å². The number of anilines is 1. The maximum Gasteiger partial charge on any atom is 0.250 e. The Hall–Kier alpha value is -2.53. The number of benzene rings is 1. The van der Waals surface area contributed by atoms with E-state index in [1.165, 1.54) is 34.9 Å². The maximum absolute atomic E-state index is 12.6. The molecule has 1 aromatic carbocycles. The monoisotopic (exact) mass is 421 g/mol. The van der Waals surface area contributed by atoms with Crippen molar-refractivity contribution in [1.82, 2.24) is 9.62 Å². The maximum atomic E-state index is 12.6. The summed E-state index contributed by atoms with van der Waals surface area (Å²) < 4.78 is 36.9. The molecular formula is C18H19N3O5S2. The molecule has 2 heterocycles. The van der Waals surface area contributed by atoms with Crippen molar-refractivity contribution in [3.05, 3.63) is 54.5 Å². The van der Waals surface area contributed by atoms with Gasteiger partial charge in [0.05, 0.1) is 24.4 Å². The molecule has 10 heteroatoms. The zero-order valence-electron chi connectivity index (χ0n) is 14.8. The van der Waals surface area contributed by atoms with Gasteiger partial charge in [0.15, 0.2) is 5.11 Å². The van der Waals surface area contributed by atoms with Gasteiger partial charge in [-0.1, -0.05) is 0 Å². The highest BCUT2D eigenvalue weighted by Crippen LogP contribution is 2.19. The van der Waals surface area contributed by atoms with Crippen LogP contribution in [0.3, 0.4) is 0 Å². The molecule has 148 valence electrons. The van der Waals surface area contributed by atoms with Crippen molar-refractivity contribution in [3.8, 4) is 0 Å². The van der Waals surface area contributed by atoms with Crippen molar-refractivity contribution in [2.75, 3.05) is 31.6 Å². The molecular weight excluding hydrogens is 402 g/mol. The summed E-state index contributed by atoms with van der Waals surface area (Å²) in [5.41, 5.74) is 0.557. The minimum Gasteiger partial charge on any atom is -0.465 e. The van der Waals surface area contributed by atoms with Crippen LogP contribution in [0.25, 0.3) is 6.08 Å². The molecule has 3 rings (SSSR count). The zero-order valence-corrected chi connectivity index (χ0v) is 16.5. The molecule has 2 aromatic rings. The molecule has 1 fully saturated rings. The fourth-order valence-electron chi connectivity index (χ4n) is 2.51. The molecule has 0 radical (unpaired) electrons. The summed E-state index contributed by atoms with van der Waals surface area (Å²) in [6.07, 6.45) is 4.32. The van der Waals surface area contributed by atoms with Gasteiger partial charge >= 0.3 is 0 Å². The predicted molar refractivity (Wildman–Crippen MR) is 108 cm³/mol.